The van der Waals surface area contributed by atoms with E-state index >= 15 is 0 Å². The van der Waals surface area contributed by atoms with E-state index in [2.05, 4.69) is 10.3 Å². The minimum atomic E-state index is -2.83. The molecule has 1 aliphatic heterocycles. The standard InChI is InChI=1S/C10H16N2O2S2/c1-8(10-11-4-5-15-10)12-9-3-2-6-16(13,14)7-9/h4-5,8-9,12H,2-3,6-7H2,1H3. The summed E-state index contributed by atoms with van der Waals surface area (Å²) in [7, 11) is -2.83. The van der Waals surface area contributed by atoms with Crippen molar-refractivity contribution < 1.29 is 8.42 Å². The summed E-state index contributed by atoms with van der Waals surface area (Å²) < 4.78 is 23.0. The van der Waals surface area contributed by atoms with Gasteiger partial charge in [0.25, 0.3) is 0 Å². The molecular weight excluding hydrogens is 244 g/mol. The predicted octanol–water partition coefficient (Wildman–Crippen LogP) is 1.37. The molecule has 0 radical (unpaired) electrons. The molecule has 0 aromatic carbocycles. The molecule has 4 nitrogen and oxygen atoms in total. The van der Waals surface area contributed by atoms with Crippen molar-refractivity contribution in [2.75, 3.05) is 11.5 Å². The van der Waals surface area contributed by atoms with Crippen LogP contribution in [0.15, 0.2) is 11.6 Å². The maximum absolute atomic E-state index is 11.5. The van der Waals surface area contributed by atoms with Gasteiger partial charge in [-0.05, 0) is 19.8 Å². The van der Waals surface area contributed by atoms with Crippen molar-refractivity contribution in [2.24, 2.45) is 0 Å². The van der Waals surface area contributed by atoms with Crippen molar-refractivity contribution >= 4 is 21.2 Å². The smallest absolute Gasteiger partial charge is 0.151 e. The summed E-state index contributed by atoms with van der Waals surface area (Å²) in [6, 6.07) is 0.218. The summed E-state index contributed by atoms with van der Waals surface area (Å²) in [5.41, 5.74) is 0. The summed E-state index contributed by atoms with van der Waals surface area (Å²) in [6.45, 7) is 2.03. The zero-order valence-electron chi connectivity index (χ0n) is 9.22. The molecule has 0 aliphatic carbocycles. The number of sulfone groups is 1. The minimum absolute atomic E-state index is 0.0812. The van der Waals surface area contributed by atoms with Crippen molar-refractivity contribution in [3.63, 3.8) is 0 Å². The Morgan fingerprint density at radius 3 is 3.06 bits per heavy atom. The number of hydrogen-bond donors (Lipinski definition) is 1. The lowest BCUT2D eigenvalue weighted by atomic mass is 10.1. The number of nitrogens with one attached hydrogen (secondary N) is 1. The third-order valence-corrected chi connectivity index (χ3v) is 5.55. The first-order valence-corrected chi connectivity index (χ1v) is 8.13. The van der Waals surface area contributed by atoms with Gasteiger partial charge in [0.2, 0.25) is 0 Å². The average Bonchev–Trinajstić information content (AvgIpc) is 2.68. The third kappa shape index (κ3) is 3.02. The largest absolute Gasteiger partial charge is 0.304 e. The Hall–Kier alpha value is -0.460. The van der Waals surface area contributed by atoms with E-state index in [4.69, 9.17) is 0 Å². The molecule has 0 spiro atoms. The van der Waals surface area contributed by atoms with Crippen LogP contribution in [0.1, 0.15) is 30.8 Å². The van der Waals surface area contributed by atoms with Gasteiger partial charge in [-0.25, -0.2) is 13.4 Å². The highest BCUT2D eigenvalue weighted by Gasteiger charge is 2.26. The summed E-state index contributed by atoms with van der Waals surface area (Å²) in [4.78, 5) is 4.22. The first kappa shape index (κ1) is 12.0. The fraction of sp³-hybridized carbons (Fsp3) is 0.700. The van der Waals surface area contributed by atoms with Crippen LogP contribution in [0.4, 0.5) is 0 Å². The molecule has 1 aliphatic rings. The lowest BCUT2D eigenvalue weighted by molar-refractivity contribution is 0.436. The second kappa shape index (κ2) is 4.81. The molecule has 2 unspecified atom stereocenters. The van der Waals surface area contributed by atoms with Gasteiger partial charge in [-0.15, -0.1) is 11.3 Å². The Labute approximate surface area is 100 Å². The highest BCUT2D eigenvalue weighted by Crippen LogP contribution is 2.19. The van der Waals surface area contributed by atoms with Crippen molar-refractivity contribution in [3.8, 4) is 0 Å². The number of aromatic nitrogens is 1. The number of rotatable bonds is 3. The molecule has 1 fully saturated rings. The molecule has 16 heavy (non-hydrogen) atoms. The molecule has 1 N–H and O–H groups in total. The highest BCUT2D eigenvalue weighted by molar-refractivity contribution is 7.91. The molecule has 6 heteroatoms. The van der Waals surface area contributed by atoms with Gasteiger partial charge in [0.1, 0.15) is 5.01 Å². The maximum atomic E-state index is 11.5. The lowest BCUT2D eigenvalue weighted by Crippen LogP contribution is -2.41. The van der Waals surface area contributed by atoms with Crippen LogP contribution >= 0.6 is 11.3 Å². The summed E-state index contributed by atoms with van der Waals surface area (Å²) >= 11 is 1.60. The molecule has 1 aromatic rings. The molecule has 0 bridgehead atoms. The molecule has 2 rings (SSSR count). The lowest BCUT2D eigenvalue weighted by Gasteiger charge is -2.25. The normalized spacial score (nSPS) is 26.4. The highest BCUT2D eigenvalue weighted by atomic mass is 32.2. The van der Waals surface area contributed by atoms with Crippen LogP contribution < -0.4 is 5.32 Å². The predicted molar refractivity (Wildman–Crippen MR) is 65.3 cm³/mol. The topological polar surface area (TPSA) is 59.1 Å². The maximum Gasteiger partial charge on any atom is 0.151 e. The molecule has 1 aromatic heterocycles. The first-order chi connectivity index (χ1) is 7.57. The second-order valence-electron chi connectivity index (χ2n) is 4.21. The van der Waals surface area contributed by atoms with Crippen molar-refractivity contribution in [2.45, 2.75) is 31.8 Å². The van der Waals surface area contributed by atoms with E-state index in [1.165, 1.54) is 0 Å². The van der Waals surface area contributed by atoms with E-state index in [1.807, 2.05) is 12.3 Å². The summed E-state index contributed by atoms with van der Waals surface area (Å²) in [5.74, 6) is 0.611. The van der Waals surface area contributed by atoms with Crippen LogP contribution in [-0.4, -0.2) is 30.9 Å². The Morgan fingerprint density at radius 1 is 1.62 bits per heavy atom. The Bertz CT molecular complexity index is 428. The Balaban J connectivity index is 1.95. The Kier molecular flexibility index (Phi) is 3.61. The van der Waals surface area contributed by atoms with E-state index in [0.717, 1.165) is 17.8 Å². The zero-order valence-corrected chi connectivity index (χ0v) is 10.9. The van der Waals surface area contributed by atoms with Gasteiger partial charge in [0.15, 0.2) is 9.84 Å². The number of nitrogens with zero attached hydrogens (tertiary/aromatic N) is 1. The van der Waals surface area contributed by atoms with Gasteiger partial charge in [-0.1, -0.05) is 0 Å². The van der Waals surface area contributed by atoms with Crippen LogP contribution in [0.25, 0.3) is 0 Å². The van der Waals surface area contributed by atoms with E-state index in [1.54, 1.807) is 17.5 Å². The van der Waals surface area contributed by atoms with Crippen LogP contribution in [-0.2, 0) is 9.84 Å². The van der Waals surface area contributed by atoms with Crippen LogP contribution in [0, 0.1) is 0 Å². The van der Waals surface area contributed by atoms with E-state index < -0.39 is 9.84 Å². The quantitative estimate of drug-likeness (QED) is 0.892. The second-order valence-corrected chi connectivity index (χ2v) is 7.37. The number of hydrogen-bond acceptors (Lipinski definition) is 5. The van der Waals surface area contributed by atoms with E-state index in [0.29, 0.717) is 5.75 Å². The third-order valence-electron chi connectivity index (χ3n) is 2.77. The summed E-state index contributed by atoms with van der Waals surface area (Å²) in [5, 5.41) is 6.30. The molecular formula is C10H16N2O2S2. The zero-order chi connectivity index (χ0) is 11.6. The van der Waals surface area contributed by atoms with E-state index in [9.17, 15) is 8.42 Å². The number of thiazole rings is 1. The van der Waals surface area contributed by atoms with Crippen LogP contribution in [0.3, 0.4) is 0 Å². The first-order valence-electron chi connectivity index (χ1n) is 5.43. The van der Waals surface area contributed by atoms with Crippen molar-refractivity contribution in [1.82, 2.24) is 10.3 Å². The molecule has 90 valence electrons. The molecule has 2 heterocycles. The van der Waals surface area contributed by atoms with Gasteiger partial charge in [-0.2, -0.15) is 0 Å². The van der Waals surface area contributed by atoms with Gasteiger partial charge >= 0.3 is 0 Å². The van der Waals surface area contributed by atoms with Gasteiger partial charge in [-0.3, -0.25) is 0 Å². The summed E-state index contributed by atoms with van der Waals surface area (Å²) in [6.07, 6.45) is 3.48. The molecule has 1 saturated heterocycles. The van der Waals surface area contributed by atoms with Crippen LogP contribution in [0.2, 0.25) is 0 Å². The fourth-order valence-corrected chi connectivity index (χ4v) is 4.33. The van der Waals surface area contributed by atoms with Gasteiger partial charge < -0.3 is 5.32 Å². The van der Waals surface area contributed by atoms with Crippen molar-refractivity contribution in [3.05, 3.63) is 16.6 Å². The molecule has 0 saturated carbocycles. The van der Waals surface area contributed by atoms with E-state index in [-0.39, 0.29) is 17.8 Å². The van der Waals surface area contributed by atoms with Gasteiger partial charge in [0.05, 0.1) is 17.5 Å². The monoisotopic (exact) mass is 260 g/mol. The van der Waals surface area contributed by atoms with Crippen molar-refractivity contribution in [1.29, 1.82) is 0 Å². The SMILES string of the molecule is CC(NC1CCCS(=O)(=O)C1)c1nccs1. The van der Waals surface area contributed by atoms with Crippen LogP contribution in [0.5, 0.6) is 0 Å². The molecule has 0 amide bonds. The minimum Gasteiger partial charge on any atom is -0.304 e. The Morgan fingerprint density at radius 2 is 2.44 bits per heavy atom. The average molecular weight is 260 g/mol. The van der Waals surface area contributed by atoms with Gasteiger partial charge in [0, 0.05) is 17.6 Å². The fourth-order valence-electron chi connectivity index (χ4n) is 2.03. The molecule has 2 atom stereocenters.